The summed E-state index contributed by atoms with van der Waals surface area (Å²) in [4.78, 5) is 6.94. The van der Waals surface area contributed by atoms with Crippen molar-refractivity contribution in [3.8, 4) is 0 Å². The lowest BCUT2D eigenvalue weighted by atomic mass is 10.2. The van der Waals surface area contributed by atoms with Gasteiger partial charge in [-0.1, -0.05) is 12.8 Å². The topological polar surface area (TPSA) is 60.0 Å². The van der Waals surface area contributed by atoms with Crippen LogP contribution >= 0.6 is 0 Å². The Morgan fingerprint density at radius 1 is 1.44 bits per heavy atom. The van der Waals surface area contributed by atoms with Gasteiger partial charge in [0.1, 0.15) is 12.2 Å². The number of hydrogen-bond donors (Lipinski definition) is 1. The van der Waals surface area contributed by atoms with E-state index in [9.17, 15) is 0 Å². The number of hydrogen-bond acceptors (Lipinski definition) is 4. The van der Waals surface area contributed by atoms with Crippen LogP contribution in [0.3, 0.4) is 0 Å². The Balaban J connectivity index is 1.99. The van der Waals surface area contributed by atoms with E-state index in [4.69, 9.17) is 5.73 Å². The van der Waals surface area contributed by atoms with Gasteiger partial charge >= 0.3 is 0 Å². The summed E-state index contributed by atoms with van der Waals surface area (Å²) in [7, 11) is 0. The Bertz CT molecular complexity index is 343. The molecule has 0 bridgehead atoms. The summed E-state index contributed by atoms with van der Waals surface area (Å²) in [6.07, 6.45) is 8.11. The Morgan fingerprint density at radius 2 is 2.22 bits per heavy atom. The third-order valence-electron chi connectivity index (χ3n) is 3.83. The molecule has 18 heavy (non-hydrogen) atoms. The molecule has 1 fully saturated rings. The molecule has 1 saturated carbocycles. The molecular formula is C13H25N5. The van der Waals surface area contributed by atoms with Crippen molar-refractivity contribution >= 4 is 0 Å². The summed E-state index contributed by atoms with van der Waals surface area (Å²) in [5.41, 5.74) is 5.65. The van der Waals surface area contributed by atoms with Crippen molar-refractivity contribution in [2.75, 3.05) is 13.1 Å². The second-order valence-electron chi connectivity index (χ2n) is 5.04. The molecule has 1 aliphatic rings. The maximum absolute atomic E-state index is 5.65. The van der Waals surface area contributed by atoms with Gasteiger partial charge in [0, 0.05) is 19.1 Å². The van der Waals surface area contributed by atoms with Gasteiger partial charge in [0.2, 0.25) is 0 Å². The highest BCUT2D eigenvalue weighted by Crippen LogP contribution is 2.24. The molecule has 1 aromatic heterocycles. The van der Waals surface area contributed by atoms with E-state index in [1.165, 1.54) is 25.7 Å². The quantitative estimate of drug-likeness (QED) is 0.795. The van der Waals surface area contributed by atoms with Crippen molar-refractivity contribution in [2.24, 2.45) is 5.73 Å². The van der Waals surface area contributed by atoms with Crippen LogP contribution < -0.4 is 5.73 Å². The Kier molecular flexibility index (Phi) is 5.13. The zero-order chi connectivity index (χ0) is 12.8. The molecule has 5 nitrogen and oxygen atoms in total. The first-order chi connectivity index (χ1) is 8.85. The summed E-state index contributed by atoms with van der Waals surface area (Å²) in [5, 5.41) is 4.25. The molecule has 0 unspecified atom stereocenters. The molecule has 0 aliphatic heterocycles. The van der Waals surface area contributed by atoms with Crippen molar-refractivity contribution in [3.05, 3.63) is 12.2 Å². The number of nitrogens with two attached hydrogens (primary N) is 1. The van der Waals surface area contributed by atoms with Crippen molar-refractivity contribution < 1.29 is 0 Å². The fourth-order valence-corrected chi connectivity index (χ4v) is 2.81. The minimum atomic E-state index is 0.721. The van der Waals surface area contributed by atoms with E-state index in [-0.39, 0.29) is 0 Å². The lowest BCUT2D eigenvalue weighted by Crippen LogP contribution is -2.35. The Hall–Kier alpha value is -0.940. The summed E-state index contributed by atoms with van der Waals surface area (Å²) < 4.78 is 1.99. The zero-order valence-corrected chi connectivity index (χ0v) is 11.4. The number of aromatic nitrogens is 3. The van der Waals surface area contributed by atoms with Gasteiger partial charge < -0.3 is 5.73 Å². The van der Waals surface area contributed by atoms with Gasteiger partial charge in [-0.05, 0) is 32.7 Å². The Labute approximate surface area is 109 Å². The van der Waals surface area contributed by atoms with Crippen LogP contribution in [0.15, 0.2) is 6.33 Å². The van der Waals surface area contributed by atoms with Gasteiger partial charge in [-0.2, -0.15) is 5.10 Å². The molecule has 1 aromatic rings. The van der Waals surface area contributed by atoms with Gasteiger partial charge in [0.15, 0.2) is 0 Å². The average molecular weight is 251 g/mol. The molecule has 2 N–H and O–H groups in total. The first kappa shape index (κ1) is 13.5. The predicted octanol–water partition coefficient (Wildman–Crippen LogP) is 1.39. The van der Waals surface area contributed by atoms with Crippen LogP contribution in [-0.2, 0) is 13.1 Å². The van der Waals surface area contributed by atoms with Crippen LogP contribution in [0, 0.1) is 0 Å². The second-order valence-corrected chi connectivity index (χ2v) is 5.04. The fraction of sp³-hybridized carbons (Fsp3) is 0.846. The lowest BCUT2D eigenvalue weighted by Gasteiger charge is -2.28. The molecule has 0 aromatic carbocycles. The molecule has 0 atom stereocenters. The van der Waals surface area contributed by atoms with Crippen molar-refractivity contribution in [3.63, 3.8) is 0 Å². The minimum Gasteiger partial charge on any atom is -0.330 e. The van der Waals surface area contributed by atoms with Crippen molar-refractivity contribution in [1.29, 1.82) is 0 Å². The van der Waals surface area contributed by atoms with Crippen LogP contribution in [0.5, 0.6) is 0 Å². The van der Waals surface area contributed by atoms with E-state index in [1.807, 2.05) is 4.68 Å². The first-order valence-corrected chi connectivity index (χ1v) is 7.16. The van der Waals surface area contributed by atoms with Crippen LogP contribution in [0.25, 0.3) is 0 Å². The van der Waals surface area contributed by atoms with Gasteiger partial charge in [-0.25, -0.2) is 9.67 Å². The summed E-state index contributed by atoms with van der Waals surface area (Å²) >= 11 is 0. The third kappa shape index (κ3) is 3.29. The smallest absolute Gasteiger partial charge is 0.141 e. The average Bonchev–Trinajstić information content (AvgIpc) is 3.04. The maximum atomic E-state index is 5.65. The van der Waals surface area contributed by atoms with E-state index >= 15 is 0 Å². The van der Waals surface area contributed by atoms with E-state index < -0.39 is 0 Å². The highest BCUT2D eigenvalue weighted by atomic mass is 15.3. The normalized spacial score (nSPS) is 16.8. The highest BCUT2D eigenvalue weighted by Gasteiger charge is 2.23. The highest BCUT2D eigenvalue weighted by molar-refractivity contribution is 4.88. The summed E-state index contributed by atoms with van der Waals surface area (Å²) in [6, 6.07) is 0.721. The predicted molar refractivity (Wildman–Crippen MR) is 72.0 cm³/mol. The summed E-state index contributed by atoms with van der Waals surface area (Å²) in [5.74, 6) is 1.08. The fourth-order valence-electron chi connectivity index (χ4n) is 2.81. The molecule has 1 heterocycles. The van der Waals surface area contributed by atoms with Crippen LogP contribution in [-0.4, -0.2) is 38.8 Å². The molecule has 0 radical (unpaired) electrons. The van der Waals surface area contributed by atoms with Gasteiger partial charge in [0.25, 0.3) is 0 Å². The van der Waals surface area contributed by atoms with Gasteiger partial charge in [0.05, 0.1) is 6.54 Å². The van der Waals surface area contributed by atoms with Crippen LogP contribution in [0.1, 0.15) is 44.9 Å². The van der Waals surface area contributed by atoms with Gasteiger partial charge in [-0.15, -0.1) is 0 Å². The van der Waals surface area contributed by atoms with Gasteiger partial charge in [-0.3, -0.25) is 4.90 Å². The molecule has 0 spiro atoms. The van der Waals surface area contributed by atoms with Crippen molar-refractivity contribution in [2.45, 2.75) is 58.2 Å². The SMILES string of the molecule is CCn1ncnc1CN(CCCN)C1CCCC1. The molecule has 5 heteroatoms. The van der Waals surface area contributed by atoms with E-state index in [1.54, 1.807) is 6.33 Å². The first-order valence-electron chi connectivity index (χ1n) is 7.16. The standard InChI is InChI=1S/C13H25N5/c1-2-18-13(15-11-16-18)10-17(9-5-8-14)12-6-3-4-7-12/h11-12H,2-10,14H2,1H3. The maximum Gasteiger partial charge on any atom is 0.141 e. The van der Waals surface area contributed by atoms with E-state index in [0.717, 1.165) is 44.5 Å². The lowest BCUT2D eigenvalue weighted by molar-refractivity contribution is 0.181. The molecule has 1 aliphatic carbocycles. The summed E-state index contributed by atoms with van der Waals surface area (Å²) in [6.45, 7) is 5.77. The molecule has 0 amide bonds. The second kappa shape index (κ2) is 6.85. The Morgan fingerprint density at radius 3 is 2.89 bits per heavy atom. The van der Waals surface area contributed by atoms with E-state index in [2.05, 4.69) is 21.9 Å². The minimum absolute atomic E-state index is 0.721. The zero-order valence-electron chi connectivity index (χ0n) is 11.4. The molecule has 0 saturated heterocycles. The number of aryl methyl sites for hydroxylation is 1. The van der Waals surface area contributed by atoms with Crippen molar-refractivity contribution in [1.82, 2.24) is 19.7 Å². The largest absolute Gasteiger partial charge is 0.330 e. The van der Waals surface area contributed by atoms with E-state index in [0.29, 0.717) is 0 Å². The van der Waals surface area contributed by atoms with Crippen LogP contribution in [0.4, 0.5) is 0 Å². The molecular weight excluding hydrogens is 226 g/mol. The molecule has 102 valence electrons. The number of nitrogens with zero attached hydrogens (tertiary/aromatic N) is 4. The number of rotatable bonds is 7. The van der Waals surface area contributed by atoms with Crippen LogP contribution in [0.2, 0.25) is 0 Å². The molecule has 2 rings (SSSR count). The monoisotopic (exact) mass is 251 g/mol. The third-order valence-corrected chi connectivity index (χ3v) is 3.83.